The number of nitrogens with one attached hydrogen (secondary N) is 1. The van der Waals surface area contributed by atoms with Gasteiger partial charge >= 0.3 is 0 Å². The van der Waals surface area contributed by atoms with Gasteiger partial charge in [-0.25, -0.2) is 15.4 Å². The summed E-state index contributed by atoms with van der Waals surface area (Å²) in [6.07, 6.45) is 2.43. The van der Waals surface area contributed by atoms with Gasteiger partial charge in [0.1, 0.15) is 11.5 Å². The first-order valence-electron chi connectivity index (χ1n) is 8.81. The lowest BCUT2D eigenvalue weighted by molar-refractivity contribution is 0.315. The number of nitrogens with zero attached hydrogens (tertiary/aromatic N) is 3. The molecular formula is C21H22N4O2. The van der Waals surface area contributed by atoms with Crippen LogP contribution in [0.5, 0.6) is 11.5 Å². The highest BCUT2D eigenvalue weighted by Crippen LogP contribution is 2.23. The number of phenolic OH excluding ortho intramolecular Hbond substituents is 1. The normalized spacial score (nSPS) is 10.9. The molecule has 0 aliphatic carbocycles. The summed E-state index contributed by atoms with van der Waals surface area (Å²) in [7, 11) is 0. The fourth-order valence-corrected chi connectivity index (χ4v) is 2.48. The Morgan fingerprint density at radius 3 is 2.67 bits per heavy atom. The third-order valence-corrected chi connectivity index (χ3v) is 3.77. The Morgan fingerprint density at radius 2 is 1.93 bits per heavy atom. The second kappa shape index (κ2) is 8.80. The minimum Gasteiger partial charge on any atom is -0.507 e. The van der Waals surface area contributed by atoms with Crippen molar-refractivity contribution >= 4 is 12.2 Å². The highest BCUT2D eigenvalue weighted by molar-refractivity contribution is 5.84. The van der Waals surface area contributed by atoms with Crippen LogP contribution in [-0.4, -0.2) is 27.9 Å². The summed E-state index contributed by atoms with van der Waals surface area (Å²) in [4.78, 5) is 8.83. The van der Waals surface area contributed by atoms with Crippen molar-refractivity contribution in [1.82, 2.24) is 9.97 Å². The molecule has 2 N–H and O–H groups in total. The molecule has 2 aromatic carbocycles. The molecule has 3 rings (SSSR count). The minimum absolute atomic E-state index is 0.101. The first kappa shape index (κ1) is 18.4. The molecule has 0 radical (unpaired) electrons. The number of benzene rings is 2. The summed E-state index contributed by atoms with van der Waals surface area (Å²) < 4.78 is 5.49. The van der Waals surface area contributed by atoms with Gasteiger partial charge in [-0.3, -0.25) is 0 Å². The summed E-state index contributed by atoms with van der Waals surface area (Å²) in [6.45, 7) is 4.55. The van der Waals surface area contributed by atoms with E-state index in [9.17, 15) is 5.11 Å². The van der Waals surface area contributed by atoms with Crippen LogP contribution in [0, 0.1) is 6.92 Å². The lowest BCUT2D eigenvalue weighted by Crippen LogP contribution is -2.00. The average Bonchev–Trinajstić information content (AvgIpc) is 2.68. The van der Waals surface area contributed by atoms with E-state index in [-0.39, 0.29) is 5.75 Å². The molecule has 6 heteroatoms. The quantitative estimate of drug-likeness (QED) is 0.481. The van der Waals surface area contributed by atoms with Crippen molar-refractivity contribution in [3.8, 4) is 22.8 Å². The average molecular weight is 362 g/mol. The first-order valence-corrected chi connectivity index (χ1v) is 8.81. The molecule has 27 heavy (non-hydrogen) atoms. The highest BCUT2D eigenvalue weighted by atomic mass is 16.5. The van der Waals surface area contributed by atoms with Crippen molar-refractivity contribution < 1.29 is 9.84 Å². The van der Waals surface area contributed by atoms with Gasteiger partial charge in [-0.1, -0.05) is 37.3 Å². The van der Waals surface area contributed by atoms with Gasteiger partial charge in [-0.15, -0.1) is 0 Å². The van der Waals surface area contributed by atoms with E-state index in [1.165, 1.54) is 6.21 Å². The van der Waals surface area contributed by atoms with Crippen LogP contribution in [0.15, 0.2) is 59.7 Å². The van der Waals surface area contributed by atoms with E-state index in [1.807, 2.05) is 50.2 Å². The van der Waals surface area contributed by atoms with Gasteiger partial charge in [0, 0.05) is 22.9 Å². The van der Waals surface area contributed by atoms with Crippen LogP contribution in [-0.2, 0) is 0 Å². The Morgan fingerprint density at radius 1 is 1.11 bits per heavy atom. The molecule has 0 amide bonds. The zero-order valence-corrected chi connectivity index (χ0v) is 15.4. The van der Waals surface area contributed by atoms with Crippen molar-refractivity contribution in [2.75, 3.05) is 12.0 Å². The number of phenols is 1. The second-order valence-electron chi connectivity index (χ2n) is 6.02. The van der Waals surface area contributed by atoms with Gasteiger partial charge in [0.25, 0.3) is 0 Å². The second-order valence-corrected chi connectivity index (χ2v) is 6.02. The summed E-state index contributed by atoms with van der Waals surface area (Å²) in [5.74, 6) is 1.13. The fraction of sp³-hybridized carbons (Fsp3) is 0.190. The van der Waals surface area contributed by atoms with E-state index in [2.05, 4.69) is 20.5 Å². The molecule has 0 bridgehead atoms. The Bertz CT molecular complexity index is 927. The molecule has 0 spiro atoms. The lowest BCUT2D eigenvalue weighted by atomic mass is 10.1. The summed E-state index contributed by atoms with van der Waals surface area (Å²) in [5.41, 5.74) is 6.06. The molecule has 0 aliphatic rings. The number of hydrogen-bond acceptors (Lipinski definition) is 6. The van der Waals surface area contributed by atoms with E-state index in [1.54, 1.807) is 18.2 Å². The molecule has 0 unspecified atom stereocenters. The van der Waals surface area contributed by atoms with E-state index in [4.69, 9.17) is 4.74 Å². The molecule has 1 heterocycles. The monoisotopic (exact) mass is 362 g/mol. The van der Waals surface area contributed by atoms with Gasteiger partial charge in [0.15, 0.2) is 0 Å². The molecule has 6 nitrogen and oxygen atoms in total. The van der Waals surface area contributed by atoms with Crippen LogP contribution in [0.1, 0.15) is 24.6 Å². The molecule has 0 saturated heterocycles. The highest BCUT2D eigenvalue weighted by Gasteiger charge is 2.04. The zero-order valence-electron chi connectivity index (χ0n) is 15.4. The minimum atomic E-state index is 0.101. The fourth-order valence-electron chi connectivity index (χ4n) is 2.48. The predicted molar refractivity (Wildman–Crippen MR) is 107 cm³/mol. The van der Waals surface area contributed by atoms with Gasteiger partial charge in [-0.2, -0.15) is 5.10 Å². The Balaban J connectivity index is 1.72. The largest absolute Gasteiger partial charge is 0.507 e. The van der Waals surface area contributed by atoms with Crippen molar-refractivity contribution in [3.63, 3.8) is 0 Å². The number of hydrogen-bond donors (Lipinski definition) is 2. The molecule has 3 aromatic rings. The molecule has 1 aromatic heterocycles. The smallest absolute Gasteiger partial charge is 0.244 e. The molecule has 0 aliphatic heterocycles. The van der Waals surface area contributed by atoms with Gasteiger partial charge < -0.3 is 9.84 Å². The van der Waals surface area contributed by atoms with Crippen molar-refractivity contribution in [3.05, 3.63) is 65.9 Å². The maximum Gasteiger partial charge on any atom is 0.244 e. The van der Waals surface area contributed by atoms with E-state index in [0.717, 1.165) is 23.4 Å². The van der Waals surface area contributed by atoms with Crippen molar-refractivity contribution in [2.45, 2.75) is 20.3 Å². The van der Waals surface area contributed by atoms with E-state index in [0.29, 0.717) is 23.9 Å². The van der Waals surface area contributed by atoms with Gasteiger partial charge in [-0.05, 0) is 31.5 Å². The van der Waals surface area contributed by atoms with Gasteiger partial charge in [0.05, 0.1) is 18.5 Å². The number of ether oxygens (including phenoxy) is 1. The molecular weight excluding hydrogens is 340 g/mol. The summed E-state index contributed by atoms with van der Waals surface area (Å²) in [6, 6.07) is 16.9. The number of rotatable bonds is 7. The first-order chi connectivity index (χ1) is 13.2. The number of aromatic hydroxyl groups is 1. The van der Waals surface area contributed by atoms with Crippen LogP contribution < -0.4 is 10.2 Å². The Kier molecular flexibility index (Phi) is 5.99. The third-order valence-electron chi connectivity index (χ3n) is 3.77. The van der Waals surface area contributed by atoms with Crippen LogP contribution >= 0.6 is 0 Å². The van der Waals surface area contributed by atoms with Crippen LogP contribution in [0.4, 0.5) is 5.95 Å². The molecule has 0 atom stereocenters. The third kappa shape index (κ3) is 5.04. The van der Waals surface area contributed by atoms with Gasteiger partial charge in [0.2, 0.25) is 5.95 Å². The standard InChI is InChI=1S/C21H22N4O2/c1-3-11-27-18-10-9-17(20(26)13-18)14-22-25-21-23-15(2)12-19(24-21)16-7-5-4-6-8-16/h4-10,12-14,26H,3,11H2,1-2H3,(H,23,24,25). The molecule has 138 valence electrons. The maximum atomic E-state index is 10.1. The number of aromatic nitrogens is 2. The SMILES string of the molecule is CCCOc1ccc(C=NNc2nc(C)cc(-c3ccccc3)n2)c(O)c1. The molecule has 0 fully saturated rings. The predicted octanol–water partition coefficient (Wildman–Crippen LogP) is 4.39. The van der Waals surface area contributed by atoms with Crippen molar-refractivity contribution in [2.24, 2.45) is 5.10 Å². The Hall–Kier alpha value is -3.41. The van der Waals surface area contributed by atoms with E-state index >= 15 is 0 Å². The maximum absolute atomic E-state index is 10.1. The van der Waals surface area contributed by atoms with Crippen LogP contribution in [0.25, 0.3) is 11.3 Å². The number of hydrazone groups is 1. The summed E-state index contributed by atoms with van der Waals surface area (Å²) in [5, 5.41) is 14.2. The van der Waals surface area contributed by atoms with Crippen molar-refractivity contribution in [1.29, 1.82) is 0 Å². The zero-order chi connectivity index (χ0) is 19.1. The van der Waals surface area contributed by atoms with Crippen LogP contribution in [0.2, 0.25) is 0 Å². The van der Waals surface area contributed by atoms with Crippen LogP contribution in [0.3, 0.4) is 0 Å². The number of anilines is 1. The topological polar surface area (TPSA) is 79.6 Å². The number of aryl methyl sites for hydroxylation is 1. The summed E-state index contributed by atoms with van der Waals surface area (Å²) >= 11 is 0. The molecule has 0 saturated carbocycles. The Labute approximate surface area is 158 Å². The lowest BCUT2D eigenvalue weighted by Gasteiger charge is -2.07. The van der Waals surface area contributed by atoms with E-state index < -0.39 is 0 Å².